The molecule has 0 aliphatic heterocycles. The number of amides is 1. The standard InChI is InChI=1S/C33H44N6O7/c1-36(2)10-11-39(7)15-17-8-9-21(35-17)18-14-22(37(3)4)19-12-16-13-20-26(38(5)6)29(42)25(32(34)45)31(44)33(20,46)30(43)23(16)28(41)24(19)27(18)40/h8-9,14,16,20,26,35,40-41,44,46H,10-13,15H2,1-7H3,(H2,34,45)/t16-,20-,26-,33-/m0/s1. The molecule has 0 spiro atoms. The maximum atomic E-state index is 14.2. The van der Waals surface area contributed by atoms with Gasteiger partial charge in [-0.2, -0.15) is 0 Å². The van der Waals surface area contributed by atoms with Crippen LogP contribution in [0.3, 0.4) is 0 Å². The van der Waals surface area contributed by atoms with E-state index in [2.05, 4.69) is 14.8 Å². The Bertz CT molecular complexity index is 1670. The number of nitrogens with two attached hydrogens (primary N) is 1. The largest absolute Gasteiger partial charge is 0.508 e. The summed E-state index contributed by atoms with van der Waals surface area (Å²) < 4.78 is 0. The maximum Gasteiger partial charge on any atom is 0.255 e. The minimum atomic E-state index is -2.69. The smallest absolute Gasteiger partial charge is 0.255 e. The Labute approximate surface area is 268 Å². The number of nitrogens with one attached hydrogen (secondary N) is 1. The number of carbonyl (C=O) groups is 3. The molecule has 2 aromatic rings. The number of anilines is 1. The van der Waals surface area contributed by atoms with Crippen molar-refractivity contribution in [3.8, 4) is 17.0 Å². The normalized spacial score (nSPS) is 24.5. The number of likely N-dealkylation sites (N-methyl/N-ethyl adjacent to an activating group) is 3. The fraction of sp³-hybridized carbons (Fsp3) is 0.485. The number of hydrogen-bond donors (Lipinski definition) is 6. The molecule has 5 rings (SSSR count). The number of ketones is 2. The number of aromatic amines is 1. The Hall–Kier alpha value is -4.17. The molecule has 4 atom stereocenters. The molecule has 13 nitrogen and oxygen atoms in total. The van der Waals surface area contributed by atoms with Gasteiger partial charge in [-0.15, -0.1) is 0 Å². The third-order valence-corrected chi connectivity index (χ3v) is 9.58. The zero-order chi connectivity index (χ0) is 34.0. The molecular formula is C33H44N6O7. The first kappa shape index (κ1) is 33.2. The Balaban J connectivity index is 1.63. The summed E-state index contributed by atoms with van der Waals surface area (Å²) in [5.41, 5.74) is 5.03. The Morgan fingerprint density at radius 1 is 1.04 bits per heavy atom. The number of carbonyl (C=O) groups excluding carboxylic acids is 3. The van der Waals surface area contributed by atoms with Gasteiger partial charge >= 0.3 is 0 Å². The molecule has 0 saturated heterocycles. The summed E-state index contributed by atoms with van der Waals surface area (Å²) in [7, 11) is 12.9. The van der Waals surface area contributed by atoms with Gasteiger partial charge in [0.15, 0.2) is 11.4 Å². The second-order valence-corrected chi connectivity index (χ2v) is 13.4. The van der Waals surface area contributed by atoms with Gasteiger partial charge in [0.05, 0.1) is 11.6 Å². The van der Waals surface area contributed by atoms with Crippen molar-refractivity contribution in [3.05, 3.63) is 51.9 Å². The number of aromatic nitrogens is 1. The lowest BCUT2D eigenvalue weighted by Gasteiger charge is -2.50. The van der Waals surface area contributed by atoms with Gasteiger partial charge in [0.1, 0.15) is 22.8 Å². The molecular weight excluding hydrogens is 592 g/mol. The predicted octanol–water partition coefficient (Wildman–Crippen LogP) is 1.02. The quantitative estimate of drug-likeness (QED) is 0.216. The molecule has 1 heterocycles. The lowest BCUT2D eigenvalue weighted by molar-refractivity contribution is -0.153. The fourth-order valence-electron chi connectivity index (χ4n) is 7.33. The van der Waals surface area contributed by atoms with E-state index in [1.54, 1.807) is 14.1 Å². The van der Waals surface area contributed by atoms with Gasteiger partial charge in [-0.05, 0) is 77.8 Å². The lowest BCUT2D eigenvalue weighted by atomic mass is 9.57. The second kappa shape index (κ2) is 11.9. The molecule has 3 aliphatic carbocycles. The average Bonchev–Trinajstić information content (AvgIpc) is 3.41. The van der Waals surface area contributed by atoms with E-state index in [1.165, 1.54) is 4.90 Å². The molecule has 1 amide bonds. The van der Waals surface area contributed by atoms with E-state index in [4.69, 9.17) is 5.73 Å². The van der Waals surface area contributed by atoms with Crippen LogP contribution in [-0.4, -0.2) is 132 Å². The molecule has 0 bridgehead atoms. The molecule has 1 aromatic heterocycles. The van der Waals surface area contributed by atoms with Crippen molar-refractivity contribution in [2.24, 2.45) is 17.6 Å². The lowest BCUT2D eigenvalue weighted by Crippen LogP contribution is -2.65. The average molecular weight is 637 g/mol. The molecule has 3 aliphatic rings. The van der Waals surface area contributed by atoms with Gasteiger partial charge < -0.3 is 40.9 Å². The van der Waals surface area contributed by atoms with E-state index in [0.717, 1.165) is 18.8 Å². The van der Waals surface area contributed by atoms with Crippen molar-refractivity contribution in [1.29, 1.82) is 0 Å². The summed E-state index contributed by atoms with van der Waals surface area (Å²) in [5, 5.41) is 46.5. The SMILES string of the molecule is CN(C)CCN(C)Cc1ccc(-c2cc(N(C)C)c3c(c2O)C(O)=C2C(=O)[C@]4(O)C(O)=C(C(N)=O)C(=O)[C@@H](N(C)C)[C@@H]4C[C@@H]2C3)[nH]1. The second-order valence-electron chi connectivity index (χ2n) is 13.4. The number of hydrogen-bond acceptors (Lipinski definition) is 11. The van der Waals surface area contributed by atoms with E-state index in [1.807, 2.05) is 58.3 Å². The molecule has 1 fully saturated rings. The minimum Gasteiger partial charge on any atom is -0.508 e. The highest BCUT2D eigenvalue weighted by molar-refractivity contribution is 6.24. The first-order chi connectivity index (χ1) is 21.5. The zero-order valence-electron chi connectivity index (χ0n) is 27.4. The molecule has 248 valence electrons. The first-order valence-corrected chi connectivity index (χ1v) is 15.2. The number of fused-ring (bicyclic) bond motifs is 3. The van der Waals surface area contributed by atoms with Crippen molar-refractivity contribution in [2.75, 3.05) is 67.3 Å². The molecule has 1 aromatic carbocycles. The monoisotopic (exact) mass is 636 g/mol. The van der Waals surface area contributed by atoms with Crippen LogP contribution in [0.5, 0.6) is 5.75 Å². The number of rotatable bonds is 9. The van der Waals surface area contributed by atoms with E-state index in [-0.39, 0.29) is 29.7 Å². The summed E-state index contributed by atoms with van der Waals surface area (Å²) >= 11 is 0. The first-order valence-electron chi connectivity index (χ1n) is 15.2. The summed E-state index contributed by atoms with van der Waals surface area (Å²) in [4.78, 5) is 50.8. The highest BCUT2D eigenvalue weighted by Gasteiger charge is 2.64. The maximum absolute atomic E-state index is 14.2. The third-order valence-electron chi connectivity index (χ3n) is 9.58. The number of nitrogens with zero attached hydrogens (tertiary/aromatic N) is 4. The highest BCUT2D eigenvalue weighted by atomic mass is 16.3. The predicted molar refractivity (Wildman–Crippen MR) is 173 cm³/mol. The van der Waals surface area contributed by atoms with Gasteiger partial charge in [0.25, 0.3) is 5.91 Å². The number of aliphatic hydroxyl groups is 3. The van der Waals surface area contributed by atoms with Crippen LogP contribution >= 0.6 is 0 Å². The van der Waals surface area contributed by atoms with Crippen LogP contribution in [-0.2, 0) is 27.3 Å². The van der Waals surface area contributed by atoms with Gasteiger partial charge in [0, 0.05) is 67.9 Å². The van der Waals surface area contributed by atoms with Crippen LogP contribution in [0, 0.1) is 11.8 Å². The Morgan fingerprint density at radius 3 is 2.30 bits per heavy atom. The van der Waals surface area contributed by atoms with Crippen LogP contribution in [0.4, 0.5) is 5.69 Å². The number of aliphatic hydroxyl groups excluding tert-OH is 2. The highest BCUT2D eigenvalue weighted by Crippen LogP contribution is 2.54. The van der Waals surface area contributed by atoms with Crippen molar-refractivity contribution in [2.45, 2.75) is 31.0 Å². The summed E-state index contributed by atoms with van der Waals surface area (Å²) in [5.74, 6) is -6.74. The van der Waals surface area contributed by atoms with Crippen molar-refractivity contribution < 1.29 is 34.8 Å². The van der Waals surface area contributed by atoms with Crippen LogP contribution in [0.2, 0.25) is 0 Å². The Morgan fingerprint density at radius 2 is 1.72 bits per heavy atom. The number of aromatic hydroxyl groups is 1. The van der Waals surface area contributed by atoms with Crippen LogP contribution in [0.25, 0.3) is 17.0 Å². The number of Topliss-reactive ketones (excluding diaryl/α,β-unsaturated/α-hetero) is 2. The number of benzene rings is 1. The molecule has 13 heteroatoms. The molecule has 46 heavy (non-hydrogen) atoms. The van der Waals surface area contributed by atoms with Crippen molar-refractivity contribution in [1.82, 2.24) is 19.7 Å². The van der Waals surface area contributed by atoms with Crippen molar-refractivity contribution >= 4 is 28.9 Å². The number of phenolic OH excluding ortho intramolecular Hbond substituents is 1. The number of primary amides is 1. The zero-order valence-corrected chi connectivity index (χ0v) is 27.4. The summed E-state index contributed by atoms with van der Waals surface area (Å²) in [6, 6.07) is 4.48. The fourth-order valence-corrected chi connectivity index (χ4v) is 7.33. The van der Waals surface area contributed by atoms with Gasteiger partial charge in [-0.3, -0.25) is 24.2 Å². The topological polar surface area (TPSA) is 187 Å². The molecule has 7 N–H and O–H groups in total. The summed E-state index contributed by atoms with van der Waals surface area (Å²) in [6.45, 7) is 2.40. The van der Waals surface area contributed by atoms with E-state index in [9.17, 15) is 34.8 Å². The third kappa shape index (κ3) is 5.16. The van der Waals surface area contributed by atoms with E-state index >= 15 is 0 Å². The number of H-pyrrole nitrogens is 1. The van der Waals surface area contributed by atoms with Crippen LogP contribution in [0.1, 0.15) is 23.2 Å². The van der Waals surface area contributed by atoms with E-state index < -0.39 is 58.0 Å². The van der Waals surface area contributed by atoms with Gasteiger partial charge in [0.2, 0.25) is 5.78 Å². The number of phenols is 1. The minimum absolute atomic E-state index is 0.0302. The van der Waals surface area contributed by atoms with Crippen molar-refractivity contribution in [3.63, 3.8) is 0 Å². The molecule has 1 saturated carbocycles. The Kier molecular flexibility index (Phi) is 8.58. The van der Waals surface area contributed by atoms with Gasteiger partial charge in [-0.1, -0.05) is 0 Å². The van der Waals surface area contributed by atoms with Gasteiger partial charge in [-0.25, -0.2) is 0 Å². The molecule has 0 unspecified atom stereocenters. The van der Waals surface area contributed by atoms with E-state index in [0.29, 0.717) is 29.1 Å². The molecule has 0 radical (unpaired) electrons. The van der Waals surface area contributed by atoms with Crippen LogP contribution < -0.4 is 10.6 Å². The summed E-state index contributed by atoms with van der Waals surface area (Å²) in [6.07, 6.45) is 0.241. The van der Waals surface area contributed by atoms with Crippen LogP contribution in [0.15, 0.2) is 35.1 Å².